The first kappa shape index (κ1) is 18.5. The summed E-state index contributed by atoms with van der Waals surface area (Å²) in [7, 11) is 0. The minimum atomic E-state index is -0.759. The molecular formula is C18H13FN2O5S. The first-order valence-corrected chi connectivity index (χ1v) is 8.58. The van der Waals surface area contributed by atoms with Crippen LogP contribution in [0.1, 0.15) is 15.2 Å². The molecule has 7 nitrogen and oxygen atoms in total. The molecule has 0 aliphatic heterocycles. The van der Waals surface area contributed by atoms with Crippen molar-refractivity contribution in [1.82, 2.24) is 0 Å². The maximum Gasteiger partial charge on any atom is 0.349 e. The molecule has 3 rings (SSSR count). The van der Waals surface area contributed by atoms with E-state index in [0.29, 0.717) is 15.6 Å². The lowest BCUT2D eigenvalue weighted by Crippen LogP contribution is -2.21. The van der Waals surface area contributed by atoms with Gasteiger partial charge in [0.1, 0.15) is 16.4 Å². The molecular weight excluding hydrogens is 375 g/mol. The Morgan fingerprint density at radius 3 is 2.67 bits per heavy atom. The number of halogens is 1. The molecule has 2 aromatic carbocycles. The molecule has 138 valence electrons. The summed E-state index contributed by atoms with van der Waals surface area (Å²) in [6.45, 7) is 0.979. The highest BCUT2D eigenvalue weighted by Gasteiger charge is 2.20. The number of nitrogens with one attached hydrogen (secondary N) is 1. The number of rotatable bonds is 5. The van der Waals surface area contributed by atoms with Gasteiger partial charge < -0.3 is 10.1 Å². The Balaban J connectivity index is 1.70. The number of amides is 1. The van der Waals surface area contributed by atoms with Crippen molar-refractivity contribution >= 4 is 44.7 Å². The topological polar surface area (TPSA) is 98.5 Å². The van der Waals surface area contributed by atoms with Gasteiger partial charge in [-0.25, -0.2) is 9.18 Å². The number of hydrogen-bond acceptors (Lipinski definition) is 6. The van der Waals surface area contributed by atoms with Crippen LogP contribution in [0.15, 0.2) is 42.5 Å². The number of ether oxygens (including phenoxy) is 1. The van der Waals surface area contributed by atoms with Crippen LogP contribution in [-0.4, -0.2) is 23.4 Å². The minimum absolute atomic E-state index is 0.00339. The molecule has 0 aliphatic carbocycles. The van der Waals surface area contributed by atoms with E-state index < -0.39 is 29.2 Å². The second-order valence-electron chi connectivity index (χ2n) is 5.57. The van der Waals surface area contributed by atoms with Crippen LogP contribution >= 0.6 is 11.3 Å². The highest BCUT2D eigenvalue weighted by molar-refractivity contribution is 7.21. The zero-order valence-electron chi connectivity index (χ0n) is 14.0. The molecule has 0 aliphatic rings. The predicted octanol–water partition coefficient (Wildman–Crippen LogP) is 4.05. The summed E-state index contributed by atoms with van der Waals surface area (Å²) in [5.74, 6) is -1.91. The van der Waals surface area contributed by atoms with Crippen LogP contribution in [0, 0.1) is 22.9 Å². The van der Waals surface area contributed by atoms with E-state index in [1.165, 1.54) is 30.3 Å². The smallest absolute Gasteiger partial charge is 0.349 e. The number of carbonyl (C=O) groups is 2. The Kier molecular flexibility index (Phi) is 5.13. The number of carbonyl (C=O) groups excluding carboxylic acids is 2. The summed E-state index contributed by atoms with van der Waals surface area (Å²) in [4.78, 5) is 34.7. The van der Waals surface area contributed by atoms with E-state index in [2.05, 4.69) is 5.32 Å². The van der Waals surface area contributed by atoms with Crippen molar-refractivity contribution in [2.75, 3.05) is 11.9 Å². The quantitative estimate of drug-likeness (QED) is 0.404. The predicted molar refractivity (Wildman–Crippen MR) is 98.5 cm³/mol. The SMILES string of the molecule is Cc1c(C(=O)OCC(=O)Nc2ccccc2[N+](=O)[O-])sc2cccc(F)c12. The molecule has 1 N–H and O–H groups in total. The Morgan fingerprint density at radius 1 is 1.22 bits per heavy atom. The van der Waals surface area contributed by atoms with Gasteiger partial charge in [-0.05, 0) is 30.7 Å². The number of nitro benzene ring substituents is 1. The van der Waals surface area contributed by atoms with E-state index in [-0.39, 0.29) is 16.3 Å². The molecule has 0 spiro atoms. The third kappa shape index (κ3) is 3.77. The molecule has 0 fully saturated rings. The van der Waals surface area contributed by atoms with Gasteiger partial charge >= 0.3 is 5.97 Å². The highest BCUT2D eigenvalue weighted by atomic mass is 32.1. The summed E-state index contributed by atoms with van der Waals surface area (Å²) >= 11 is 1.07. The largest absolute Gasteiger partial charge is 0.451 e. The molecule has 1 heterocycles. The zero-order chi connectivity index (χ0) is 19.6. The lowest BCUT2D eigenvalue weighted by molar-refractivity contribution is -0.383. The van der Waals surface area contributed by atoms with Gasteiger partial charge in [0, 0.05) is 16.2 Å². The lowest BCUT2D eigenvalue weighted by atomic mass is 10.1. The van der Waals surface area contributed by atoms with Crippen molar-refractivity contribution in [3.63, 3.8) is 0 Å². The molecule has 27 heavy (non-hydrogen) atoms. The monoisotopic (exact) mass is 388 g/mol. The second-order valence-corrected chi connectivity index (χ2v) is 6.62. The molecule has 1 aromatic heterocycles. The number of esters is 1. The van der Waals surface area contributed by atoms with E-state index in [9.17, 15) is 24.1 Å². The Bertz CT molecular complexity index is 1060. The Labute approximate surface area is 156 Å². The molecule has 1 amide bonds. The van der Waals surface area contributed by atoms with Crippen molar-refractivity contribution < 1.29 is 23.6 Å². The van der Waals surface area contributed by atoms with E-state index in [4.69, 9.17) is 4.74 Å². The molecule has 0 saturated heterocycles. The molecule has 3 aromatic rings. The number of thiophene rings is 1. The Morgan fingerprint density at radius 2 is 1.96 bits per heavy atom. The number of nitro groups is 1. The third-order valence-electron chi connectivity index (χ3n) is 3.80. The van der Waals surface area contributed by atoms with E-state index in [1.807, 2.05) is 0 Å². The fourth-order valence-corrected chi connectivity index (χ4v) is 3.69. The number of anilines is 1. The van der Waals surface area contributed by atoms with Crippen molar-refractivity contribution in [3.05, 3.63) is 68.8 Å². The van der Waals surface area contributed by atoms with E-state index >= 15 is 0 Å². The summed E-state index contributed by atoms with van der Waals surface area (Å²) in [5, 5.41) is 13.6. The number of aryl methyl sites for hydroxylation is 1. The van der Waals surface area contributed by atoms with Crippen molar-refractivity contribution in [1.29, 1.82) is 0 Å². The number of fused-ring (bicyclic) bond motifs is 1. The first-order chi connectivity index (χ1) is 12.9. The number of benzene rings is 2. The van der Waals surface area contributed by atoms with Crippen molar-refractivity contribution in [2.24, 2.45) is 0 Å². The Hall–Kier alpha value is -3.33. The standard InChI is InChI=1S/C18H13FN2O5S/c1-10-16-11(19)5-4-8-14(16)27-17(10)18(23)26-9-15(22)20-12-6-2-3-7-13(12)21(24)25/h2-8H,9H2,1H3,(H,20,22). The van der Waals surface area contributed by atoms with Gasteiger partial charge in [-0.15, -0.1) is 11.3 Å². The fourth-order valence-electron chi connectivity index (χ4n) is 2.57. The first-order valence-electron chi connectivity index (χ1n) is 7.76. The van der Waals surface area contributed by atoms with Gasteiger partial charge in [0.25, 0.3) is 11.6 Å². The minimum Gasteiger partial charge on any atom is -0.451 e. The maximum absolute atomic E-state index is 13.9. The lowest BCUT2D eigenvalue weighted by Gasteiger charge is -2.06. The van der Waals surface area contributed by atoms with Crippen molar-refractivity contribution in [3.8, 4) is 0 Å². The molecule has 9 heteroatoms. The normalized spacial score (nSPS) is 10.6. The molecule has 0 saturated carbocycles. The summed E-state index contributed by atoms with van der Waals surface area (Å²) in [5.41, 5.74) is 0.175. The molecule has 0 bridgehead atoms. The van der Waals surface area contributed by atoms with Crippen LogP contribution in [0.2, 0.25) is 0 Å². The third-order valence-corrected chi connectivity index (χ3v) is 5.03. The van der Waals surface area contributed by atoms with Crippen LogP contribution in [0.5, 0.6) is 0 Å². The van der Waals surface area contributed by atoms with Gasteiger partial charge in [0.05, 0.1) is 4.92 Å². The van der Waals surface area contributed by atoms with Gasteiger partial charge in [-0.2, -0.15) is 0 Å². The van der Waals surface area contributed by atoms with E-state index in [1.54, 1.807) is 19.1 Å². The maximum atomic E-state index is 13.9. The molecule has 0 atom stereocenters. The van der Waals surface area contributed by atoms with Crippen LogP contribution < -0.4 is 5.32 Å². The van der Waals surface area contributed by atoms with Crippen LogP contribution in [0.25, 0.3) is 10.1 Å². The van der Waals surface area contributed by atoms with Gasteiger partial charge in [0.15, 0.2) is 6.61 Å². The van der Waals surface area contributed by atoms with Gasteiger partial charge in [-0.1, -0.05) is 18.2 Å². The van der Waals surface area contributed by atoms with Gasteiger partial charge in [0.2, 0.25) is 0 Å². The van der Waals surface area contributed by atoms with Gasteiger partial charge in [-0.3, -0.25) is 14.9 Å². The highest BCUT2D eigenvalue weighted by Crippen LogP contribution is 2.33. The second kappa shape index (κ2) is 7.50. The number of para-hydroxylation sites is 2. The van der Waals surface area contributed by atoms with Crippen LogP contribution in [0.3, 0.4) is 0 Å². The zero-order valence-corrected chi connectivity index (χ0v) is 14.8. The number of hydrogen-bond donors (Lipinski definition) is 1. The number of nitrogens with zero attached hydrogens (tertiary/aromatic N) is 1. The van der Waals surface area contributed by atoms with Crippen molar-refractivity contribution in [2.45, 2.75) is 6.92 Å². The van der Waals surface area contributed by atoms with E-state index in [0.717, 1.165) is 11.3 Å². The summed E-state index contributed by atoms with van der Waals surface area (Å²) in [6, 6.07) is 10.2. The average Bonchev–Trinajstić information content (AvgIpc) is 2.98. The van der Waals surface area contributed by atoms with Crippen LogP contribution in [0.4, 0.5) is 15.8 Å². The molecule has 0 radical (unpaired) electrons. The fraction of sp³-hybridized carbons (Fsp3) is 0.111. The summed E-state index contributed by atoms with van der Waals surface area (Å²) < 4.78 is 19.5. The van der Waals surface area contributed by atoms with Crippen LogP contribution in [-0.2, 0) is 9.53 Å². The summed E-state index contributed by atoms with van der Waals surface area (Å²) in [6.07, 6.45) is 0. The average molecular weight is 388 g/mol. The molecule has 0 unspecified atom stereocenters.